The minimum atomic E-state index is -0.406. The Bertz CT molecular complexity index is 974. The molecule has 8 nitrogen and oxygen atoms in total. The molecule has 0 bridgehead atoms. The van der Waals surface area contributed by atoms with Crippen LogP contribution in [-0.2, 0) is 24.4 Å². The highest BCUT2D eigenvalue weighted by Gasteiger charge is 2.18. The summed E-state index contributed by atoms with van der Waals surface area (Å²) >= 11 is 0. The molecule has 0 saturated carbocycles. The van der Waals surface area contributed by atoms with Crippen LogP contribution in [0.1, 0.15) is 39.3 Å². The van der Waals surface area contributed by atoms with Crippen molar-refractivity contribution in [3.63, 3.8) is 0 Å². The minimum absolute atomic E-state index is 0.164. The highest BCUT2D eigenvalue weighted by atomic mass is 16.5. The first-order valence-corrected chi connectivity index (χ1v) is 9.18. The Kier molecular flexibility index (Phi) is 6.33. The van der Waals surface area contributed by atoms with Crippen LogP contribution in [0, 0.1) is 0 Å². The van der Waals surface area contributed by atoms with Crippen molar-refractivity contribution in [2.24, 2.45) is 0 Å². The van der Waals surface area contributed by atoms with Gasteiger partial charge in [-0.25, -0.2) is 4.79 Å². The van der Waals surface area contributed by atoms with Crippen molar-refractivity contribution in [3.8, 4) is 5.75 Å². The lowest BCUT2D eigenvalue weighted by molar-refractivity contribution is 0.0600. The molecule has 0 aliphatic rings. The Morgan fingerprint density at radius 2 is 1.90 bits per heavy atom. The van der Waals surface area contributed by atoms with Crippen LogP contribution < -0.4 is 4.74 Å². The number of ether oxygens (including phenoxy) is 2. The van der Waals surface area contributed by atoms with Gasteiger partial charge in [-0.15, -0.1) is 0 Å². The number of amides is 1. The molecule has 0 atom stereocenters. The molecule has 0 N–H and O–H groups in total. The Morgan fingerprint density at radius 3 is 2.59 bits per heavy atom. The molecule has 3 rings (SSSR count). The van der Waals surface area contributed by atoms with Crippen LogP contribution in [0.5, 0.6) is 5.75 Å². The molecular formula is C21H23N3O5. The number of furan rings is 1. The Balaban J connectivity index is 1.57. The van der Waals surface area contributed by atoms with Gasteiger partial charge in [0.2, 0.25) is 0 Å². The van der Waals surface area contributed by atoms with Gasteiger partial charge in [0.25, 0.3) is 5.91 Å². The molecule has 0 aliphatic heterocycles. The average Bonchev–Trinajstić information content (AvgIpc) is 3.40. The van der Waals surface area contributed by atoms with Crippen molar-refractivity contribution in [1.82, 2.24) is 14.7 Å². The van der Waals surface area contributed by atoms with E-state index in [0.717, 1.165) is 12.2 Å². The molecule has 152 valence electrons. The summed E-state index contributed by atoms with van der Waals surface area (Å²) in [7, 11) is 3.05. The number of esters is 1. The second-order valence-corrected chi connectivity index (χ2v) is 6.37. The standard InChI is InChI=1S/C21H23N3O5/c1-4-24-16(11-12-22-24)13-23(2)20(25)19-10-9-18(29-19)14-28-17-7-5-15(6-8-17)21(26)27-3/h5-12H,4,13-14H2,1-3H3. The van der Waals surface area contributed by atoms with Gasteiger partial charge in [0.05, 0.1) is 24.9 Å². The van der Waals surface area contributed by atoms with E-state index in [9.17, 15) is 9.59 Å². The molecule has 29 heavy (non-hydrogen) atoms. The number of aromatic nitrogens is 2. The summed E-state index contributed by atoms with van der Waals surface area (Å²) in [4.78, 5) is 25.6. The van der Waals surface area contributed by atoms with Crippen LogP contribution in [0.4, 0.5) is 0 Å². The van der Waals surface area contributed by atoms with Crippen molar-refractivity contribution < 1.29 is 23.5 Å². The smallest absolute Gasteiger partial charge is 0.337 e. The van der Waals surface area contributed by atoms with Crippen LogP contribution in [0.2, 0.25) is 0 Å². The summed E-state index contributed by atoms with van der Waals surface area (Å²) < 4.78 is 17.8. The van der Waals surface area contributed by atoms with Gasteiger partial charge in [0.1, 0.15) is 18.1 Å². The van der Waals surface area contributed by atoms with Crippen LogP contribution >= 0.6 is 0 Å². The summed E-state index contributed by atoms with van der Waals surface area (Å²) in [6.07, 6.45) is 1.72. The summed E-state index contributed by atoms with van der Waals surface area (Å²) in [5.74, 6) is 0.721. The number of methoxy groups -OCH3 is 1. The van der Waals surface area contributed by atoms with E-state index in [0.29, 0.717) is 23.6 Å². The molecule has 0 unspecified atom stereocenters. The Hall–Kier alpha value is -3.55. The van der Waals surface area contributed by atoms with Crippen LogP contribution in [-0.4, -0.2) is 40.7 Å². The highest BCUT2D eigenvalue weighted by Crippen LogP contribution is 2.17. The minimum Gasteiger partial charge on any atom is -0.486 e. The molecule has 0 fully saturated rings. The number of hydrogen-bond acceptors (Lipinski definition) is 6. The van der Waals surface area contributed by atoms with Crippen molar-refractivity contribution in [2.75, 3.05) is 14.2 Å². The van der Waals surface area contributed by atoms with Gasteiger partial charge in [-0.3, -0.25) is 9.48 Å². The average molecular weight is 397 g/mol. The fourth-order valence-corrected chi connectivity index (χ4v) is 2.81. The SMILES string of the molecule is CCn1nccc1CN(C)C(=O)c1ccc(COc2ccc(C(=O)OC)cc2)o1. The maximum Gasteiger partial charge on any atom is 0.337 e. The van der Waals surface area contributed by atoms with Gasteiger partial charge in [-0.05, 0) is 49.4 Å². The second kappa shape index (κ2) is 9.09. The van der Waals surface area contributed by atoms with E-state index in [1.807, 2.05) is 17.7 Å². The van der Waals surface area contributed by atoms with E-state index in [1.165, 1.54) is 7.11 Å². The van der Waals surface area contributed by atoms with Crippen LogP contribution in [0.3, 0.4) is 0 Å². The van der Waals surface area contributed by atoms with Crippen LogP contribution in [0.15, 0.2) is 53.1 Å². The fraction of sp³-hybridized carbons (Fsp3) is 0.286. The first-order chi connectivity index (χ1) is 14.0. The Labute approximate surface area is 168 Å². The summed E-state index contributed by atoms with van der Waals surface area (Å²) in [6, 6.07) is 11.8. The topological polar surface area (TPSA) is 86.8 Å². The van der Waals surface area contributed by atoms with Gasteiger partial charge in [0, 0.05) is 19.8 Å². The molecule has 2 aromatic heterocycles. The highest BCUT2D eigenvalue weighted by molar-refractivity contribution is 5.91. The maximum absolute atomic E-state index is 12.6. The molecule has 2 heterocycles. The largest absolute Gasteiger partial charge is 0.486 e. The third-order valence-corrected chi connectivity index (χ3v) is 4.38. The predicted octanol–water partition coefficient (Wildman–Crippen LogP) is 3.13. The molecular weight excluding hydrogens is 374 g/mol. The number of carbonyl (C=O) groups excluding carboxylic acids is 2. The molecule has 8 heteroatoms. The van der Waals surface area contributed by atoms with Crippen LogP contribution in [0.25, 0.3) is 0 Å². The second-order valence-electron chi connectivity index (χ2n) is 6.37. The first kappa shape index (κ1) is 20.2. The number of aryl methyl sites for hydroxylation is 1. The molecule has 1 aromatic carbocycles. The van der Waals surface area contributed by atoms with Gasteiger partial charge in [-0.2, -0.15) is 5.10 Å². The molecule has 0 radical (unpaired) electrons. The maximum atomic E-state index is 12.6. The fourth-order valence-electron chi connectivity index (χ4n) is 2.81. The van der Waals surface area contributed by atoms with E-state index in [4.69, 9.17) is 9.15 Å². The number of nitrogens with zero attached hydrogens (tertiary/aromatic N) is 3. The lowest BCUT2D eigenvalue weighted by atomic mass is 10.2. The van der Waals surface area contributed by atoms with E-state index >= 15 is 0 Å². The zero-order valence-corrected chi connectivity index (χ0v) is 16.6. The van der Waals surface area contributed by atoms with Crippen molar-refractivity contribution in [3.05, 3.63) is 71.4 Å². The third kappa shape index (κ3) is 4.84. The predicted molar refractivity (Wildman–Crippen MR) is 105 cm³/mol. The molecule has 0 aliphatic carbocycles. The molecule has 0 saturated heterocycles. The van der Waals surface area contributed by atoms with Crippen molar-refractivity contribution in [1.29, 1.82) is 0 Å². The Morgan fingerprint density at radius 1 is 1.14 bits per heavy atom. The number of rotatable bonds is 8. The third-order valence-electron chi connectivity index (χ3n) is 4.38. The summed E-state index contributed by atoms with van der Waals surface area (Å²) in [5.41, 5.74) is 1.40. The lowest BCUT2D eigenvalue weighted by Crippen LogP contribution is -2.27. The van der Waals surface area contributed by atoms with E-state index in [2.05, 4.69) is 9.84 Å². The summed E-state index contributed by atoms with van der Waals surface area (Å²) in [6.45, 7) is 3.34. The van der Waals surface area contributed by atoms with E-state index in [1.54, 1.807) is 54.5 Å². The van der Waals surface area contributed by atoms with Gasteiger partial charge in [0.15, 0.2) is 5.76 Å². The quantitative estimate of drug-likeness (QED) is 0.543. The number of carbonyl (C=O) groups is 2. The van der Waals surface area contributed by atoms with Crippen molar-refractivity contribution in [2.45, 2.75) is 26.6 Å². The normalized spacial score (nSPS) is 10.6. The first-order valence-electron chi connectivity index (χ1n) is 9.18. The molecule has 0 spiro atoms. The van der Waals surface area contributed by atoms with E-state index in [-0.39, 0.29) is 18.3 Å². The van der Waals surface area contributed by atoms with Crippen molar-refractivity contribution >= 4 is 11.9 Å². The number of benzene rings is 1. The van der Waals surface area contributed by atoms with Gasteiger partial charge in [-0.1, -0.05) is 0 Å². The molecule has 3 aromatic rings. The van der Waals surface area contributed by atoms with Gasteiger partial charge >= 0.3 is 5.97 Å². The van der Waals surface area contributed by atoms with Gasteiger partial charge < -0.3 is 18.8 Å². The lowest BCUT2D eigenvalue weighted by Gasteiger charge is -2.16. The van der Waals surface area contributed by atoms with E-state index < -0.39 is 5.97 Å². The number of hydrogen-bond donors (Lipinski definition) is 0. The monoisotopic (exact) mass is 397 g/mol. The zero-order valence-electron chi connectivity index (χ0n) is 16.6. The summed E-state index contributed by atoms with van der Waals surface area (Å²) in [5, 5.41) is 4.21. The zero-order chi connectivity index (χ0) is 20.8. The molecule has 1 amide bonds.